The molecule has 0 aliphatic carbocycles. The van der Waals surface area contributed by atoms with E-state index in [-0.39, 0.29) is 18.0 Å². The van der Waals surface area contributed by atoms with E-state index in [9.17, 15) is 9.59 Å². The molecule has 1 saturated heterocycles. The fourth-order valence-electron chi connectivity index (χ4n) is 2.91. The molecule has 1 fully saturated rings. The lowest BCUT2D eigenvalue weighted by molar-refractivity contribution is 0.0858. The van der Waals surface area contributed by atoms with Crippen LogP contribution >= 0.6 is 0 Å². The van der Waals surface area contributed by atoms with Crippen molar-refractivity contribution in [3.63, 3.8) is 0 Å². The molecule has 0 radical (unpaired) electrons. The quantitative estimate of drug-likeness (QED) is 0.698. The van der Waals surface area contributed by atoms with Crippen LogP contribution in [0.5, 0.6) is 0 Å². The van der Waals surface area contributed by atoms with Crippen LogP contribution < -0.4 is 16.0 Å². The van der Waals surface area contributed by atoms with Gasteiger partial charge in [0.25, 0.3) is 5.91 Å². The van der Waals surface area contributed by atoms with Crippen LogP contribution in [0.25, 0.3) is 0 Å². The molecule has 0 unspecified atom stereocenters. The molecular weight excluding hydrogens is 346 g/mol. The van der Waals surface area contributed by atoms with Gasteiger partial charge in [-0.1, -0.05) is 0 Å². The van der Waals surface area contributed by atoms with Gasteiger partial charge in [0.05, 0.1) is 6.10 Å². The van der Waals surface area contributed by atoms with Crippen molar-refractivity contribution >= 4 is 17.6 Å². The minimum absolute atomic E-state index is 0.115. The summed E-state index contributed by atoms with van der Waals surface area (Å²) in [5.41, 5.74) is 1.17. The van der Waals surface area contributed by atoms with Crippen molar-refractivity contribution in [3.8, 4) is 0 Å². The van der Waals surface area contributed by atoms with Crippen LogP contribution in [0, 0.1) is 6.92 Å². The van der Waals surface area contributed by atoms with Crippen LogP contribution in [0.15, 0.2) is 40.8 Å². The number of hydrogen-bond acceptors (Lipinski definition) is 4. The average molecular weight is 371 g/mol. The normalized spacial score (nSPS) is 16.1. The Balaban J connectivity index is 1.39. The summed E-state index contributed by atoms with van der Waals surface area (Å²) in [7, 11) is 0. The lowest BCUT2D eigenvalue weighted by Crippen LogP contribution is -2.32. The number of anilines is 1. The smallest absolute Gasteiger partial charge is 0.319 e. The first-order valence-electron chi connectivity index (χ1n) is 9.20. The van der Waals surface area contributed by atoms with Crippen LogP contribution in [0.3, 0.4) is 0 Å². The van der Waals surface area contributed by atoms with Crippen LogP contribution in [0.2, 0.25) is 0 Å². The predicted octanol–water partition coefficient (Wildman–Crippen LogP) is 2.86. The molecule has 144 valence electrons. The van der Waals surface area contributed by atoms with E-state index in [1.54, 1.807) is 24.3 Å². The molecule has 1 aliphatic heterocycles. The largest absolute Gasteiger partial charge is 0.466 e. The molecule has 7 nitrogen and oxygen atoms in total. The number of hydrogen-bond donors (Lipinski definition) is 3. The number of rotatable bonds is 7. The fraction of sp³-hybridized carbons (Fsp3) is 0.400. The lowest BCUT2D eigenvalue weighted by Gasteiger charge is -2.11. The molecule has 7 heteroatoms. The molecule has 1 aromatic heterocycles. The SMILES string of the molecule is Cc1ccc(CCNC(=O)Nc2ccc(C(=O)NC[C@H]3CCCO3)cc2)o1. The van der Waals surface area contributed by atoms with Gasteiger partial charge in [0, 0.05) is 37.4 Å². The van der Waals surface area contributed by atoms with Crippen molar-refractivity contribution in [2.24, 2.45) is 0 Å². The van der Waals surface area contributed by atoms with Crippen molar-refractivity contribution in [2.75, 3.05) is 25.0 Å². The predicted molar refractivity (Wildman–Crippen MR) is 102 cm³/mol. The number of carbonyl (C=O) groups excluding carboxylic acids is 2. The first-order valence-corrected chi connectivity index (χ1v) is 9.20. The molecular formula is C20H25N3O4. The van der Waals surface area contributed by atoms with E-state index < -0.39 is 0 Å². The second kappa shape index (κ2) is 9.23. The Morgan fingerprint density at radius 3 is 2.59 bits per heavy atom. The van der Waals surface area contributed by atoms with Crippen molar-refractivity contribution < 1.29 is 18.7 Å². The van der Waals surface area contributed by atoms with Gasteiger partial charge in [0.15, 0.2) is 0 Å². The number of aryl methyl sites for hydroxylation is 1. The maximum Gasteiger partial charge on any atom is 0.319 e. The summed E-state index contributed by atoms with van der Waals surface area (Å²) >= 11 is 0. The number of amides is 3. The summed E-state index contributed by atoms with van der Waals surface area (Å²) in [6.45, 7) is 3.65. The van der Waals surface area contributed by atoms with E-state index in [2.05, 4.69) is 16.0 Å². The average Bonchev–Trinajstić information content (AvgIpc) is 3.32. The van der Waals surface area contributed by atoms with Crippen LogP contribution in [-0.4, -0.2) is 37.7 Å². The van der Waals surface area contributed by atoms with Gasteiger partial charge in [-0.3, -0.25) is 4.79 Å². The van der Waals surface area contributed by atoms with Gasteiger partial charge in [-0.25, -0.2) is 4.79 Å². The highest BCUT2D eigenvalue weighted by atomic mass is 16.5. The molecule has 0 bridgehead atoms. The van der Waals surface area contributed by atoms with Gasteiger partial charge in [-0.05, 0) is 56.2 Å². The van der Waals surface area contributed by atoms with Crippen LogP contribution in [0.4, 0.5) is 10.5 Å². The van der Waals surface area contributed by atoms with Crippen LogP contribution in [0.1, 0.15) is 34.7 Å². The maximum absolute atomic E-state index is 12.1. The number of carbonyl (C=O) groups is 2. The molecule has 27 heavy (non-hydrogen) atoms. The zero-order valence-electron chi connectivity index (χ0n) is 15.4. The Hall–Kier alpha value is -2.80. The third-order valence-corrected chi connectivity index (χ3v) is 4.37. The minimum atomic E-state index is -0.297. The fourth-order valence-corrected chi connectivity index (χ4v) is 2.91. The molecule has 1 aliphatic rings. The van der Waals surface area contributed by atoms with Gasteiger partial charge in [-0.15, -0.1) is 0 Å². The summed E-state index contributed by atoms with van der Waals surface area (Å²) in [6.07, 6.45) is 2.77. The second-order valence-corrected chi connectivity index (χ2v) is 6.57. The lowest BCUT2D eigenvalue weighted by atomic mass is 10.2. The summed E-state index contributed by atoms with van der Waals surface area (Å²) in [5, 5.41) is 8.39. The number of ether oxygens (including phenoxy) is 1. The van der Waals surface area contributed by atoms with E-state index in [4.69, 9.17) is 9.15 Å². The zero-order chi connectivity index (χ0) is 19.1. The van der Waals surface area contributed by atoms with Gasteiger partial charge < -0.3 is 25.1 Å². The summed E-state index contributed by atoms with van der Waals surface area (Å²) in [5.74, 6) is 1.55. The third-order valence-electron chi connectivity index (χ3n) is 4.37. The molecule has 2 heterocycles. The molecule has 1 aromatic carbocycles. The Morgan fingerprint density at radius 2 is 1.93 bits per heavy atom. The van der Waals surface area contributed by atoms with Crippen molar-refractivity contribution in [1.82, 2.24) is 10.6 Å². The topological polar surface area (TPSA) is 92.6 Å². The molecule has 1 atom stereocenters. The highest BCUT2D eigenvalue weighted by molar-refractivity contribution is 5.95. The van der Waals surface area contributed by atoms with Crippen molar-refractivity contribution in [2.45, 2.75) is 32.3 Å². The molecule has 0 saturated carbocycles. The highest BCUT2D eigenvalue weighted by Gasteiger charge is 2.16. The Morgan fingerprint density at radius 1 is 1.11 bits per heavy atom. The van der Waals surface area contributed by atoms with Crippen LogP contribution in [-0.2, 0) is 11.2 Å². The minimum Gasteiger partial charge on any atom is -0.466 e. The number of nitrogens with one attached hydrogen (secondary N) is 3. The Bertz CT molecular complexity index is 764. The second-order valence-electron chi connectivity index (χ2n) is 6.57. The van der Waals surface area contributed by atoms with E-state index in [0.717, 1.165) is 31.0 Å². The van der Waals surface area contributed by atoms with Crippen molar-refractivity contribution in [3.05, 3.63) is 53.5 Å². The highest BCUT2D eigenvalue weighted by Crippen LogP contribution is 2.12. The zero-order valence-corrected chi connectivity index (χ0v) is 15.4. The maximum atomic E-state index is 12.1. The standard InChI is InChI=1S/C20H25N3O4/c1-14-4-9-17(27-14)10-11-21-20(25)23-16-7-5-15(6-8-16)19(24)22-13-18-3-2-12-26-18/h4-9,18H,2-3,10-13H2,1H3,(H,22,24)(H2,21,23,25)/t18-/m1/s1. The van der Waals surface area contributed by atoms with E-state index in [1.165, 1.54) is 0 Å². The molecule has 3 rings (SSSR count). The first kappa shape index (κ1) is 19.0. The summed E-state index contributed by atoms with van der Waals surface area (Å²) in [6, 6.07) is 10.3. The Labute approximate surface area is 158 Å². The number of benzene rings is 1. The monoisotopic (exact) mass is 371 g/mol. The van der Waals surface area contributed by atoms with E-state index >= 15 is 0 Å². The molecule has 2 aromatic rings. The van der Waals surface area contributed by atoms with Gasteiger partial charge in [0.1, 0.15) is 11.5 Å². The molecule has 0 spiro atoms. The summed E-state index contributed by atoms with van der Waals surface area (Å²) in [4.78, 5) is 24.1. The van der Waals surface area contributed by atoms with Gasteiger partial charge in [-0.2, -0.15) is 0 Å². The molecule has 3 amide bonds. The van der Waals surface area contributed by atoms with Gasteiger partial charge >= 0.3 is 6.03 Å². The number of furan rings is 1. The Kier molecular flexibility index (Phi) is 6.49. The third kappa shape index (κ3) is 5.86. The molecule has 3 N–H and O–H groups in total. The van der Waals surface area contributed by atoms with Crippen molar-refractivity contribution in [1.29, 1.82) is 0 Å². The number of urea groups is 1. The summed E-state index contributed by atoms with van der Waals surface area (Å²) < 4.78 is 10.9. The first-order chi connectivity index (χ1) is 13.1. The van der Waals surface area contributed by atoms with E-state index in [1.807, 2.05) is 19.1 Å². The van der Waals surface area contributed by atoms with E-state index in [0.29, 0.717) is 30.8 Å². The van der Waals surface area contributed by atoms with Gasteiger partial charge in [0.2, 0.25) is 0 Å².